The summed E-state index contributed by atoms with van der Waals surface area (Å²) >= 11 is 0. The molecule has 1 aromatic carbocycles. The summed E-state index contributed by atoms with van der Waals surface area (Å²) in [5.74, 6) is 5.28. The smallest absolute Gasteiger partial charge is 0.256 e. The minimum absolute atomic E-state index is 0.00829. The minimum atomic E-state index is -0.512. The lowest BCUT2D eigenvalue weighted by Gasteiger charge is -2.16. The highest BCUT2D eigenvalue weighted by Crippen LogP contribution is 2.20. The van der Waals surface area contributed by atoms with E-state index in [9.17, 15) is 9.18 Å². The third kappa shape index (κ3) is 3.37. The lowest BCUT2D eigenvalue weighted by atomic mass is 10.1. The Hall–Kier alpha value is -1.86. The number of carbonyl (C=O) groups excluding carboxylic acids is 1. The monoisotopic (exact) mass is 275 g/mol. The molecule has 0 bridgehead atoms. The fourth-order valence-electron chi connectivity index (χ4n) is 2.28. The van der Waals surface area contributed by atoms with Gasteiger partial charge < -0.3 is 10.0 Å². The Labute approximate surface area is 118 Å². The van der Waals surface area contributed by atoms with Crippen LogP contribution in [0.1, 0.15) is 35.7 Å². The maximum atomic E-state index is 13.8. The van der Waals surface area contributed by atoms with E-state index in [-0.39, 0.29) is 18.1 Å². The zero-order valence-corrected chi connectivity index (χ0v) is 11.5. The molecular weight excluding hydrogens is 257 g/mol. The second kappa shape index (κ2) is 6.53. The number of aliphatic hydroxyl groups excluding tert-OH is 1. The second-order valence-electron chi connectivity index (χ2n) is 5.12. The number of hydrogen-bond acceptors (Lipinski definition) is 2. The molecule has 1 aliphatic rings. The predicted octanol–water partition coefficient (Wildman–Crippen LogP) is 2.04. The number of likely N-dealkylation sites (tertiary alicyclic amines) is 1. The highest BCUT2D eigenvalue weighted by molar-refractivity contribution is 5.95. The standard InChI is InChI=1S/C16H18FNO2/c1-12-7-8-18(11-12)16(20)14-10-13(4-2-3-9-19)5-6-15(14)17/h5-6,10,12,19H,3,7-9,11H2,1H3. The molecule has 1 fully saturated rings. The van der Waals surface area contributed by atoms with Gasteiger partial charge in [0.05, 0.1) is 12.2 Å². The third-order valence-electron chi connectivity index (χ3n) is 3.38. The molecule has 1 amide bonds. The normalized spacial score (nSPS) is 17.8. The van der Waals surface area contributed by atoms with Crippen molar-refractivity contribution in [3.8, 4) is 11.8 Å². The molecule has 4 heteroatoms. The van der Waals surface area contributed by atoms with Crippen LogP contribution < -0.4 is 0 Å². The van der Waals surface area contributed by atoms with Crippen LogP contribution in [-0.4, -0.2) is 35.6 Å². The van der Waals surface area contributed by atoms with Gasteiger partial charge in [0.15, 0.2) is 0 Å². The Morgan fingerprint density at radius 2 is 2.35 bits per heavy atom. The van der Waals surface area contributed by atoms with Gasteiger partial charge in [-0.2, -0.15) is 0 Å². The van der Waals surface area contributed by atoms with Crippen molar-refractivity contribution in [2.45, 2.75) is 19.8 Å². The van der Waals surface area contributed by atoms with E-state index in [1.54, 1.807) is 11.0 Å². The average molecular weight is 275 g/mol. The lowest BCUT2D eigenvalue weighted by Crippen LogP contribution is -2.29. The number of benzene rings is 1. The van der Waals surface area contributed by atoms with Crippen molar-refractivity contribution in [3.63, 3.8) is 0 Å². The van der Waals surface area contributed by atoms with Gasteiger partial charge in [-0.3, -0.25) is 4.79 Å². The summed E-state index contributed by atoms with van der Waals surface area (Å²) in [6.45, 7) is 3.44. The van der Waals surface area contributed by atoms with Gasteiger partial charge in [-0.25, -0.2) is 4.39 Å². The van der Waals surface area contributed by atoms with Crippen molar-refractivity contribution >= 4 is 5.91 Å². The van der Waals surface area contributed by atoms with E-state index in [1.165, 1.54) is 12.1 Å². The second-order valence-corrected chi connectivity index (χ2v) is 5.12. The lowest BCUT2D eigenvalue weighted by molar-refractivity contribution is 0.0783. The molecule has 1 aliphatic heterocycles. The molecule has 0 aliphatic carbocycles. The molecule has 1 saturated heterocycles. The van der Waals surface area contributed by atoms with Crippen LogP contribution in [0.25, 0.3) is 0 Å². The van der Waals surface area contributed by atoms with Crippen LogP contribution in [0.4, 0.5) is 4.39 Å². The molecule has 0 spiro atoms. The van der Waals surface area contributed by atoms with Crippen LogP contribution in [0.5, 0.6) is 0 Å². The van der Waals surface area contributed by atoms with Crippen LogP contribution >= 0.6 is 0 Å². The Morgan fingerprint density at radius 3 is 3.00 bits per heavy atom. The van der Waals surface area contributed by atoms with Crippen molar-refractivity contribution in [1.82, 2.24) is 4.90 Å². The largest absolute Gasteiger partial charge is 0.395 e. The predicted molar refractivity (Wildman–Crippen MR) is 74.7 cm³/mol. The summed E-state index contributed by atoms with van der Waals surface area (Å²) in [5.41, 5.74) is 0.672. The summed E-state index contributed by atoms with van der Waals surface area (Å²) < 4.78 is 13.8. The zero-order chi connectivity index (χ0) is 14.5. The first-order valence-electron chi connectivity index (χ1n) is 6.80. The Kier molecular flexibility index (Phi) is 4.75. The molecule has 1 N–H and O–H groups in total. The number of nitrogens with zero attached hydrogens (tertiary/aromatic N) is 1. The van der Waals surface area contributed by atoms with E-state index in [0.717, 1.165) is 6.42 Å². The first-order chi connectivity index (χ1) is 9.61. The maximum absolute atomic E-state index is 13.8. The van der Waals surface area contributed by atoms with Gasteiger partial charge in [0, 0.05) is 25.1 Å². The van der Waals surface area contributed by atoms with Gasteiger partial charge in [-0.05, 0) is 30.5 Å². The van der Waals surface area contributed by atoms with Gasteiger partial charge in [-0.1, -0.05) is 18.8 Å². The molecule has 1 unspecified atom stereocenters. The fourth-order valence-corrected chi connectivity index (χ4v) is 2.28. The zero-order valence-electron chi connectivity index (χ0n) is 11.5. The van der Waals surface area contributed by atoms with Gasteiger partial charge >= 0.3 is 0 Å². The molecule has 0 radical (unpaired) electrons. The topological polar surface area (TPSA) is 40.5 Å². The summed E-state index contributed by atoms with van der Waals surface area (Å²) in [7, 11) is 0. The Morgan fingerprint density at radius 1 is 1.55 bits per heavy atom. The molecule has 1 atom stereocenters. The van der Waals surface area contributed by atoms with Crippen molar-refractivity contribution in [2.75, 3.05) is 19.7 Å². The third-order valence-corrected chi connectivity index (χ3v) is 3.38. The first kappa shape index (κ1) is 14.5. The number of aliphatic hydroxyl groups is 1. The van der Waals surface area contributed by atoms with Crippen molar-refractivity contribution in [2.24, 2.45) is 5.92 Å². The van der Waals surface area contributed by atoms with E-state index in [0.29, 0.717) is 31.0 Å². The Bertz CT molecular complexity index is 559. The number of carbonyl (C=O) groups is 1. The van der Waals surface area contributed by atoms with Crippen LogP contribution in [0.2, 0.25) is 0 Å². The molecule has 0 aromatic heterocycles. The summed E-state index contributed by atoms with van der Waals surface area (Å²) in [6.07, 6.45) is 1.33. The van der Waals surface area contributed by atoms with E-state index >= 15 is 0 Å². The van der Waals surface area contributed by atoms with Gasteiger partial charge in [-0.15, -0.1) is 0 Å². The molecule has 20 heavy (non-hydrogen) atoms. The quantitative estimate of drug-likeness (QED) is 0.839. The molecular formula is C16H18FNO2. The number of hydrogen-bond donors (Lipinski definition) is 1. The summed E-state index contributed by atoms with van der Waals surface area (Å²) in [5, 5.41) is 8.68. The van der Waals surface area contributed by atoms with Crippen LogP contribution in [0.3, 0.4) is 0 Å². The molecule has 1 heterocycles. The van der Waals surface area contributed by atoms with Crippen LogP contribution in [-0.2, 0) is 0 Å². The van der Waals surface area contributed by atoms with Gasteiger partial charge in [0.2, 0.25) is 0 Å². The molecule has 1 aromatic rings. The average Bonchev–Trinajstić information content (AvgIpc) is 2.87. The SMILES string of the molecule is CC1CCN(C(=O)c2cc(C#CCCO)ccc2F)C1. The van der Waals surface area contributed by atoms with Crippen molar-refractivity contribution < 1.29 is 14.3 Å². The first-order valence-corrected chi connectivity index (χ1v) is 6.80. The minimum Gasteiger partial charge on any atom is -0.395 e. The molecule has 2 rings (SSSR count). The van der Waals surface area contributed by atoms with E-state index < -0.39 is 5.82 Å². The van der Waals surface area contributed by atoms with Gasteiger partial charge in [0.25, 0.3) is 5.91 Å². The maximum Gasteiger partial charge on any atom is 0.256 e. The van der Waals surface area contributed by atoms with Crippen LogP contribution in [0.15, 0.2) is 18.2 Å². The fraction of sp³-hybridized carbons (Fsp3) is 0.438. The van der Waals surface area contributed by atoms with E-state index in [2.05, 4.69) is 18.8 Å². The summed E-state index contributed by atoms with van der Waals surface area (Å²) in [4.78, 5) is 14.0. The number of halogens is 1. The van der Waals surface area contributed by atoms with E-state index in [4.69, 9.17) is 5.11 Å². The number of rotatable bonds is 2. The molecule has 3 nitrogen and oxygen atoms in total. The highest BCUT2D eigenvalue weighted by atomic mass is 19.1. The van der Waals surface area contributed by atoms with Crippen molar-refractivity contribution in [1.29, 1.82) is 0 Å². The molecule has 106 valence electrons. The Balaban J connectivity index is 2.20. The van der Waals surface area contributed by atoms with E-state index in [1.807, 2.05) is 0 Å². The number of amides is 1. The summed E-state index contributed by atoms with van der Waals surface area (Å²) in [6, 6.07) is 4.31. The molecule has 0 saturated carbocycles. The van der Waals surface area contributed by atoms with Crippen LogP contribution in [0, 0.1) is 23.6 Å². The van der Waals surface area contributed by atoms with Crippen molar-refractivity contribution in [3.05, 3.63) is 35.1 Å². The highest BCUT2D eigenvalue weighted by Gasteiger charge is 2.25. The van der Waals surface area contributed by atoms with Gasteiger partial charge in [0.1, 0.15) is 5.82 Å².